The van der Waals surface area contributed by atoms with Gasteiger partial charge in [0.05, 0.1) is 31.1 Å². The first-order chi connectivity index (χ1) is 20.9. The van der Waals surface area contributed by atoms with Gasteiger partial charge in [0, 0.05) is 55.5 Å². The molecule has 1 aromatic carbocycles. The Labute approximate surface area is 251 Å². The van der Waals surface area contributed by atoms with Crippen molar-refractivity contribution in [2.24, 2.45) is 11.8 Å². The number of aromatic nitrogens is 2. The number of rotatable bonds is 4. The summed E-state index contributed by atoms with van der Waals surface area (Å²) in [5, 5.41) is 9.67. The molecule has 3 N–H and O–H groups in total. The van der Waals surface area contributed by atoms with Crippen LogP contribution in [0.3, 0.4) is 0 Å². The second-order valence-corrected chi connectivity index (χ2v) is 12.1. The van der Waals surface area contributed by atoms with E-state index in [-0.39, 0.29) is 42.8 Å². The summed E-state index contributed by atoms with van der Waals surface area (Å²) in [6.45, 7) is 4.89. The molecule has 5 heterocycles. The van der Waals surface area contributed by atoms with Crippen molar-refractivity contribution in [1.82, 2.24) is 14.9 Å². The van der Waals surface area contributed by atoms with Gasteiger partial charge in [-0.2, -0.15) is 31.9 Å². The first kappa shape index (κ1) is 32.3. The van der Waals surface area contributed by atoms with Gasteiger partial charge in [0.2, 0.25) is 0 Å². The quantitative estimate of drug-likeness (QED) is 0.338. The van der Waals surface area contributed by atoms with Crippen molar-refractivity contribution in [2.75, 3.05) is 50.5 Å². The summed E-state index contributed by atoms with van der Waals surface area (Å²) in [6.07, 6.45) is -3.68. The highest BCUT2D eigenvalue weighted by Gasteiger charge is 2.41. The van der Waals surface area contributed by atoms with Gasteiger partial charge in [0.15, 0.2) is 0 Å². The van der Waals surface area contributed by atoms with Crippen LogP contribution in [-0.4, -0.2) is 65.9 Å². The fraction of sp³-hybridized carbons (Fsp3) is 0.600. The molecule has 2 aromatic rings. The number of benzene rings is 1. The minimum absolute atomic E-state index is 0.0278. The lowest BCUT2D eigenvalue weighted by atomic mass is 9.90. The molecule has 4 aliphatic heterocycles. The molecule has 4 aliphatic rings. The number of anilines is 2. The van der Waals surface area contributed by atoms with Gasteiger partial charge < -0.3 is 25.2 Å². The number of alkyl halides is 3. The maximum Gasteiger partial charge on any atom is 0.419 e. The molecule has 8 nitrogen and oxygen atoms in total. The van der Waals surface area contributed by atoms with Crippen LogP contribution in [0.1, 0.15) is 61.1 Å². The van der Waals surface area contributed by atoms with Gasteiger partial charge >= 0.3 is 12.2 Å². The Kier molecular flexibility index (Phi) is 9.61. The fourth-order valence-electron chi connectivity index (χ4n) is 6.84. The highest BCUT2D eigenvalue weighted by atomic mass is 19.4. The molecule has 4 unspecified atom stereocenters. The SMILES string of the molecule is COc1nc2c(c(N3CC(C)CC(CO)C3)n1)COC(c1cc(N)cc(F)c1C(F)(F)F)C2.FC(F)=C1CC2CCCN2C1. The summed E-state index contributed by atoms with van der Waals surface area (Å²) in [5.41, 5.74) is 5.26. The smallest absolute Gasteiger partial charge is 0.419 e. The van der Waals surface area contributed by atoms with E-state index < -0.39 is 29.7 Å². The highest BCUT2D eigenvalue weighted by Crippen LogP contribution is 2.43. The second kappa shape index (κ2) is 13.1. The van der Waals surface area contributed by atoms with Crippen molar-refractivity contribution in [3.05, 3.63) is 52.0 Å². The van der Waals surface area contributed by atoms with Crippen molar-refractivity contribution in [1.29, 1.82) is 0 Å². The van der Waals surface area contributed by atoms with Crippen LogP contribution in [0.2, 0.25) is 0 Å². The third-order valence-corrected chi connectivity index (χ3v) is 8.76. The zero-order valence-corrected chi connectivity index (χ0v) is 24.6. The van der Waals surface area contributed by atoms with Crippen LogP contribution in [0.5, 0.6) is 6.01 Å². The third kappa shape index (κ3) is 6.91. The molecule has 4 atom stereocenters. The molecule has 0 amide bonds. The van der Waals surface area contributed by atoms with Gasteiger partial charge in [-0.25, -0.2) is 4.39 Å². The summed E-state index contributed by atoms with van der Waals surface area (Å²) in [6, 6.07) is 2.27. The molecule has 0 saturated carbocycles. The van der Waals surface area contributed by atoms with Gasteiger partial charge in [-0.1, -0.05) is 6.92 Å². The predicted octanol–water partition coefficient (Wildman–Crippen LogP) is 5.50. The van der Waals surface area contributed by atoms with E-state index in [1.807, 2.05) is 4.90 Å². The molecule has 14 heteroatoms. The molecule has 44 heavy (non-hydrogen) atoms. The normalized spacial score (nSPS) is 25.3. The fourth-order valence-corrected chi connectivity index (χ4v) is 6.84. The number of halogens is 6. The topological polar surface area (TPSA) is 97.0 Å². The Morgan fingerprint density at radius 1 is 1.18 bits per heavy atom. The zero-order chi connectivity index (χ0) is 31.8. The average molecular weight is 630 g/mol. The molecule has 242 valence electrons. The largest absolute Gasteiger partial charge is 0.467 e. The predicted molar refractivity (Wildman–Crippen MR) is 151 cm³/mol. The van der Waals surface area contributed by atoms with Crippen LogP contribution in [0, 0.1) is 17.7 Å². The molecule has 0 bridgehead atoms. The number of methoxy groups -OCH3 is 1. The standard InChI is InChI=1S/C22H26F4N4O3.C8H11F2N/c1-11-3-12(9-31)8-30(7-11)20-15-10-33-18(6-17(15)28-21(29-20)32-2)14-4-13(27)5-16(23)19(14)22(24,25)26;9-8(10)6-4-7-2-1-3-11(7)5-6/h4-5,11-12,18,31H,3,6-10,27H2,1-2H3;7H,1-5H2. The Bertz CT molecular complexity index is 1370. The summed E-state index contributed by atoms with van der Waals surface area (Å²) in [5.74, 6) is -0.470. The number of aliphatic hydroxyl groups is 1. The van der Waals surface area contributed by atoms with E-state index in [9.17, 15) is 31.4 Å². The number of hydrogen-bond acceptors (Lipinski definition) is 8. The lowest BCUT2D eigenvalue weighted by Crippen LogP contribution is -2.42. The van der Waals surface area contributed by atoms with E-state index in [1.165, 1.54) is 13.5 Å². The van der Waals surface area contributed by atoms with Gasteiger partial charge in [-0.15, -0.1) is 0 Å². The van der Waals surface area contributed by atoms with E-state index in [1.54, 1.807) is 0 Å². The van der Waals surface area contributed by atoms with Crippen LogP contribution in [-0.2, 0) is 23.9 Å². The van der Waals surface area contributed by atoms with Crippen molar-refractivity contribution in [3.63, 3.8) is 0 Å². The summed E-state index contributed by atoms with van der Waals surface area (Å²) >= 11 is 0. The minimum atomic E-state index is -4.91. The van der Waals surface area contributed by atoms with Crippen molar-refractivity contribution in [2.45, 2.75) is 64.0 Å². The molecule has 6 rings (SSSR count). The average Bonchev–Trinajstić information content (AvgIpc) is 3.58. The maximum atomic E-state index is 14.3. The van der Waals surface area contributed by atoms with E-state index in [4.69, 9.17) is 15.2 Å². The molecule has 0 radical (unpaired) electrons. The number of piperidine rings is 1. The number of aliphatic hydroxyl groups excluding tert-OH is 1. The lowest BCUT2D eigenvalue weighted by molar-refractivity contribution is -0.142. The number of nitrogen functional groups attached to an aromatic ring is 1. The van der Waals surface area contributed by atoms with Gasteiger partial charge in [-0.05, 0) is 61.8 Å². The van der Waals surface area contributed by atoms with Gasteiger partial charge in [0.1, 0.15) is 11.6 Å². The van der Waals surface area contributed by atoms with Crippen molar-refractivity contribution < 1.29 is 40.9 Å². The summed E-state index contributed by atoms with van der Waals surface area (Å²) in [7, 11) is 1.41. The molecule has 0 aliphatic carbocycles. The Balaban J connectivity index is 0.000000291. The molecule has 3 saturated heterocycles. The monoisotopic (exact) mass is 629 g/mol. The van der Waals surface area contributed by atoms with E-state index in [0.29, 0.717) is 66.7 Å². The lowest BCUT2D eigenvalue weighted by Gasteiger charge is -2.38. The molecular formula is C30H37F6N5O3. The summed E-state index contributed by atoms with van der Waals surface area (Å²) in [4.78, 5) is 13.0. The van der Waals surface area contributed by atoms with Crippen LogP contribution in [0.25, 0.3) is 0 Å². The van der Waals surface area contributed by atoms with Crippen LogP contribution in [0.4, 0.5) is 37.8 Å². The van der Waals surface area contributed by atoms with Crippen LogP contribution in [0.15, 0.2) is 23.8 Å². The molecule has 3 fully saturated rings. The van der Waals surface area contributed by atoms with Gasteiger partial charge in [-0.3, -0.25) is 4.90 Å². The molecular weight excluding hydrogens is 592 g/mol. The first-order valence-electron chi connectivity index (χ1n) is 14.7. The zero-order valence-electron chi connectivity index (χ0n) is 24.6. The van der Waals surface area contributed by atoms with Crippen LogP contribution >= 0.6 is 0 Å². The number of hydrogen-bond donors (Lipinski definition) is 2. The van der Waals surface area contributed by atoms with E-state index >= 15 is 0 Å². The Morgan fingerprint density at radius 3 is 2.61 bits per heavy atom. The molecule has 1 aromatic heterocycles. The number of nitrogens with zero attached hydrogens (tertiary/aromatic N) is 4. The first-order valence-corrected chi connectivity index (χ1v) is 14.7. The Morgan fingerprint density at radius 2 is 1.95 bits per heavy atom. The number of nitrogens with two attached hydrogens (primary N) is 1. The van der Waals surface area contributed by atoms with Crippen molar-refractivity contribution in [3.8, 4) is 6.01 Å². The van der Waals surface area contributed by atoms with E-state index in [0.717, 1.165) is 25.5 Å². The maximum absolute atomic E-state index is 14.3. The summed E-state index contributed by atoms with van der Waals surface area (Å²) < 4.78 is 90.4. The second-order valence-electron chi connectivity index (χ2n) is 12.1. The molecule has 0 spiro atoms. The third-order valence-electron chi connectivity index (χ3n) is 8.76. The van der Waals surface area contributed by atoms with Crippen LogP contribution < -0.4 is 15.4 Å². The van der Waals surface area contributed by atoms with E-state index in [2.05, 4.69) is 21.8 Å². The number of fused-ring (bicyclic) bond motifs is 2. The van der Waals surface area contributed by atoms with Gasteiger partial charge in [0.25, 0.3) is 6.08 Å². The Hall–Kier alpha value is -3.10. The highest BCUT2D eigenvalue weighted by molar-refractivity contribution is 5.53. The van der Waals surface area contributed by atoms with Crippen molar-refractivity contribution >= 4 is 11.5 Å². The number of ether oxygens (including phenoxy) is 2. The minimum Gasteiger partial charge on any atom is -0.467 e.